The number of Topliss-reactive ketones (excluding diaryl/α,β-unsaturated/α-hetero) is 2. The summed E-state index contributed by atoms with van der Waals surface area (Å²) < 4.78 is 0. The lowest BCUT2D eigenvalue weighted by atomic mass is 10.0. The SMILES string of the molecule is CCN(CC)Cc1ccc(C(=O)C(=O)c2ccccc2)cc1. The number of hydrogen-bond acceptors (Lipinski definition) is 3. The molecule has 2 aromatic rings. The molecule has 0 aromatic heterocycles. The van der Waals surface area contributed by atoms with E-state index in [0.717, 1.165) is 25.2 Å². The predicted molar refractivity (Wildman–Crippen MR) is 88.2 cm³/mol. The highest BCUT2D eigenvalue weighted by molar-refractivity contribution is 6.49. The minimum atomic E-state index is -0.461. The van der Waals surface area contributed by atoms with E-state index in [1.807, 2.05) is 18.2 Å². The Morgan fingerprint density at radius 1 is 0.773 bits per heavy atom. The van der Waals surface area contributed by atoms with Gasteiger partial charge in [0, 0.05) is 17.7 Å². The smallest absolute Gasteiger partial charge is 0.233 e. The molecule has 0 saturated carbocycles. The Labute approximate surface area is 131 Å². The summed E-state index contributed by atoms with van der Waals surface area (Å²) in [4.78, 5) is 26.7. The van der Waals surface area contributed by atoms with Gasteiger partial charge >= 0.3 is 0 Å². The zero-order valence-corrected chi connectivity index (χ0v) is 13.1. The normalized spacial score (nSPS) is 10.7. The van der Waals surface area contributed by atoms with Crippen LogP contribution in [0.5, 0.6) is 0 Å². The van der Waals surface area contributed by atoms with Crippen LogP contribution in [0.25, 0.3) is 0 Å². The van der Waals surface area contributed by atoms with Gasteiger partial charge in [-0.1, -0.05) is 68.4 Å². The second-order valence-corrected chi connectivity index (χ2v) is 5.18. The molecule has 0 saturated heterocycles. The van der Waals surface area contributed by atoms with Crippen LogP contribution in [0.1, 0.15) is 40.1 Å². The summed E-state index contributed by atoms with van der Waals surface area (Å²) in [7, 11) is 0. The van der Waals surface area contributed by atoms with Gasteiger partial charge in [0.2, 0.25) is 11.6 Å². The van der Waals surface area contributed by atoms with Crippen molar-refractivity contribution in [2.24, 2.45) is 0 Å². The van der Waals surface area contributed by atoms with E-state index in [1.165, 1.54) is 0 Å². The van der Waals surface area contributed by atoms with E-state index in [-0.39, 0.29) is 0 Å². The predicted octanol–water partition coefficient (Wildman–Crippen LogP) is 3.59. The maximum absolute atomic E-state index is 12.2. The molecule has 3 heteroatoms. The molecule has 0 aliphatic carbocycles. The molecule has 0 N–H and O–H groups in total. The molecule has 3 nitrogen and oxygen atoms in total. The van der Waals surface area contributed by atoms with Crippen molar-refractivity contribution in [2.45, 2.75) is 20.4 Å². The Morgan fingerprint density at radius 3 is 1.77 bits per heavy atom. The molecule has 2 aromatic carbocycles. The third-order valence-electron chi connectivity index (χ3n) is 3.76. The van der Waals surface area contributed by atoms with Crippen LogP contribution in [0.4, 0.5) is 0 Å². The van der Waals surface area contributed by atoms with Gasteiger partial charge in [0.15, 0.2) is 0 Å². The molecule has 0 fully saturated rings. The summed E-state index contributed by atoms with van der Waals surface area (Å²) in [5.74, 6) is -0.919. The van der Waals surface area contributed by atoms with Crippen molar-refractivity contribution in [3.05, 3.63) is 71.3 Å². The molecule has 0 bridgehead atoms. The Morgan fingerprint density at radius 2 is 1.27 bits per heavy atom. The van der Waals surface area contributed by atoms with Crippen molar-refractivity contribution in [3.63, 3.8) is 0 Å². The number of ketones is 2. The second-order valence-electron chi connectivity index (χ2n) is 5.18. The van der Waals surface area contributed by atoms with Gasteiger partial charge in [-0.3, -0.25) is 14.5 Å². The van der Waals surface area contributed by atoms with Crippen LogP contribution in [0.3, 0.4) is 0 Å². The third-order valence-corrected chi connectivity index (χ3v) is 3.76. The van der Waals surface area contributed by atoms with E-state index in [9.17, 15) is 9.59 Å². The van der Waals surface area contributed by atoms with Gasteiger partial charge in [-0.05, 0) is 18.7 Å². The first-order valence-corrected chi connectivity index (χ1v) is 7.61. The average Bonchev–Trinajstić information content (AvgIpc) is 2.59. The van der Waals surface area contributed by atoms with Crippen molar-refractivity contribution in [1.29, 1.82) is 0 Å². The number of hydrogen-bond donors (Lipinski definition) is 0. The van der Waals surface area contributed by atoms with Crippen molar-refractivity contribution < 1.29 is 9.59 Å². The molecule has 0 aliphatic rings. The Bertz CT molecular complexity index is 628. The number of rotatable bonds is 7. The quantitative estimate of drug-likeness (QED) is 0.578. The van der Waals surface area contributed by atoms with Crippen LogP contribution in [0.15, 0.2) is 54.6 Å². The van der Waals surface area contributed by atoms with Crippen LogP contribution in [0.2, 0.25) is 0 Å². The second kappa shape index (κ2) is 7.66. The van der Waals surface area contributed by atoms with Gasteiger partial charge < -0.3 is 0 Å². The Balaban J connectivity index is 2.10. The molecule has 0 unspecified atom stereocenters. The lowest BCUT2D eigenvalue weighted by Crippen LogP contribution is -2.22. The highest BCUT2D eigenvalue weighted by atomic mass is 16.2. The summed E-state index contributed by atoms with van der Waals surface area (Å²) in [6, 6.07) is 16.0. The summed E-state index contributed by atoms with van der Waals surface area (Å²) >= 11 is 0. The highest BCUT2D eigenvalue weighted by Gasteiger charge is 2.17. The fourth-order valence-corrected chi connectivity index (χ4v) is 2.32. The molecule has 0 amide bonds. The first-order chi connectivity index (χ1) is 10.7. The van der Waals surface area contributed by atoms with E-state index >= 15 is 0 Å². The minimum absolute atomic E-state index is 0.430. The van der Waals surface area contributed by atoms with Crippen LogP contribution < -0.4 is 0 Å². The average molecular weight is 295 g/mol. The number of nitrogens with zero attached hydrogens (tertiary/aromatic N) is 1. The van der Waals surface area contributed by atoms with Gasteiger partial charge in [0.05, 0.1) is 0 Å². The molecule has 0 spiro atoms. The molecule has 114 valence electrons. The van der Waals surface area contributed by atoms with E-state index < -0.39 is 11.6 Å². The zero-order valence-electron chi connectivity index (χ0n) is 13.1. The summed E-state index contributed by atoms with van der Waals surface area (Å²) in [5, 5.41) is 0. The molecule has 22 heavy (non-hydrogen) atoms. The molecule has 0 heterocycles. The first-order valence-electron chi connectivity index (χ1n) is 7.61. The summed E-state index contributed by atoms with van der Waals surface area (Å²) in [6.07, 6.45) is 0. The molecule has 0 radical (unpaired) electrons. The van der Waals surface area contributed by atoms with Crippen LogP contribution >= 0.6 is 0 Å². The van der Waals surface area contributed by atoms with Gasteiger partial charge in [-0.15, -0.1) is 0 Å². The monoisotopic (exact) mass is 295 g/mol. The summed E-state index contributed by atoms with van der Waals surface area (Å²) in [6.45, 7) is 7.08. The fraction of sp³-hybridized carbons (Fsp3) is 0.263. The number of carbonyl (C=O) groups is 2. The topological polar surface area (TPSA) is 37.4 Å². The van der Waals surface area contributed by atoms with Gasteiger partial charge in [-0.25, -0.2) is 0 Å². The van der Waals surface area contributed by atoms with Crippen molar-refractivity contribution in [2.75, 3.05) is 13.1 Å². The van der Waals surface area contributed by atoms with Crippen LogP contribution in [-0.2, 0) is 6.54 Å². The molecular weight excluding hydrogens is 274 g/mol. The highest BCUT2D eigenvalue weighted by Crippen LogP contribution is 2.11. The van der Waals surface area contributed by atoms with E-state index in [4.69, 9.17) is 0 Å². The first kappa shape index (κ1) is 16.1. The van der Waals surface area contributed by atoms with Gasteiger partial charge in [-0.2, -0.15) is 0 Å². The van der Waals surface area contributed by atoms with Crippen LogP contribution in [-0.4, -0.2) is 29.6 Å². The van der Waals surface area contributed by atoms with Crippen molar-refractivity contribution >= 4 is 11.6 Å². The zero-order chi connectivity index (χ0) is 15.9. The standard InChI is InChI=1S/C19H21NO2/c1-3-20(4-2)14-15-10-12-17(13-11-15)19(22)18(21)16-8-6-5-7-9-16/h5-13H,3-4,14H2,1-2H3. The largest absolute Gasteiger partial charge is 0.300 e. The maximum Gasteiger partial charge on any atom is 0.233 e. The van der Waals surface area contributed by atoms with E-state index in [2.05, 4.69) is 18.7 Å². The molecule has 2 rings (SSSR count). The Hall–Kier alpha value is -2.26. The fourth-order valence-electron chi connectivity index (χ4n) is 2.32. The van der Waals surface area contributed by atoms with Crippen molar-refractivity contribution in [1.82, 2.24) is 4.90 Å². The molecule has 0 aliphatic heterocycles. The number of carbonyl (C=O) groups excluding carboxylic acids is 2. The molecular formula is C19H21NO2. The van der Waals surface area contributed by atoms with E-state index in [0.29, 0.717) is 11.1 Å². The molecule has 0 atom stereocenters. The van der Waals surface area contributed by atoms with Crippen molar-refractivity contribution in [3.8, 4) is 0 Å². The lowest BCUT2D eigenvalue weighted by molar-refractivity contribution is 0.0817. The van der Waals surface area contributed by atoms with Gasteiger partial charge in [0.25, 0.3) is 0 Å². The van der Waals surface area contributed by atoms with E-state index in [1.54, 1.807) is 36.4 Å². The minimum Gasteiger partial charge on any atom is -0.300 e. The summed E-state index contributed by atoms with van der Waals surface area (Å²) in [5.41, 5.74) is 2.02. The maximum atomic E-state index is 12.2. The third kappa shape index (κ3) is 3.89. The van der Waals surface area contributed by atoms with Gasteiger partial charge in [0.1, 0.15) is 0 Å². The number of benzene rings is 2. The Kier molecular flexibility index (Phi) is 5.61. The van der Waals surface area contributed by atoms with Crippen LogP contribution in [0, 0.1) is 0 Å². The lowest BCUT2D eigenvalue weighted by Gasteiger charge is -2.17.